The Morgan fingerprint density at radius 3 is 3.00 bits per heavy atom. The molecule has 0 bridgehead atoms. The first-order valence-electron chi connectivity index (χ1n) is 2.52. The highest BCUT2D eigenvalue weighted by molar-refractivity contribution is 7.10. The minimum Gasteiger partial charge on any atom is -0.375 e. The molecule has 0 spiro atoms. The topological polar surface area (TPSA) is 20.2 Å². The second kappa shape index (κ2) is 2.67. The lowest BCUT2D eigenvalue weighted by Gasteiger charge is -1.94. The van der Waals surface area contributed by atoms with Crippen LogP contribution in [0.15, 0.2) is 17.5 Å². The molecule has 0 saturated carbocycles. The van der Waals surface area contributed by atoms with E-state index in [-0.39, 0.29) is 0 Å². The smallest absolute Gasteiger partial charge is 0.149 e. The van der Waals surface area contributed by atoms with Crippen LogP contribution < -0.4 is 0 Å². The number of thiophene rings is 1. The van der Waals surface area contributed by atoms with Gasteiger partial charge in [-0.1, -0.05) is 12.0 Å². The van der Waals surface area contributed by atoms with Gasteiger partial charge in [-0.15, -0.1) is 17.8 Å². The van der Waals surface area contributed by atoms with Gasteiger partial charge < -0.3 is 5.11 Å². The van der Waals surface area contributed by atoms with Crippen LogP contribution in [-0.2, 0) is 0 Å². The van der Waals surface area contributed by atoms with Crippen LogP contribution in [0.1, 0.15) is 11.0 Å². The molecule has 1 heterocycles. The number of hydrogen-bond donors (Lipinski definition) is 1. The number of rotatable bonds is 1. The quantitative estimate of drug-likeness (QED) is 0.582. The van der Waals surface area contributed by atoms with E-state index in [9.17, 15) is 0 Å². The van der Waals surface area contributed by atoms with Gasteiger partial charge in [0.15, 0.2) is 0 Å². The summed E-state index contributed by atoms with van der Waals surface area (Å²) < 4.78 is 0. The molecule has 0 radical (unpaired) electrons. The lowest BCUT2D eigenvalue weighted by molar-refractivity contribution is 0.242. The van der Waals surface area contributed by atoms with Gasteiger partial charge in [0.25, 0.3) is 0 Å². The Kier molecular flexibility index (Phi) is 1.88. The van der Waals surface area contributed by atoms with Gasteiger partial charge in [-0.05, 0) is 11.4 Å². The molecule has 0 amide bonds. The highest BCUT2D eigenvalue weighted by Gasteiger charge is 2.01. The SMILES string of the molecule is C#C[C@@H](O)c1cccs1. The summed E-state index contributed by atoms with van der Waals surface area (Å²) in [5.74, 6) is 2.23. The molecule has 1 aromatic heterocycles. The van der Waals surface area contributed by atoms with Gasteiger partial charge in [-0.2, -0.15) is 0 Å². The van der Waals surface area contributed by atoms with E-state index < -0.39 is 6.10 Å². The average Bonchev–Trinajstić information content (AvgIpc) is 2.37. The van der Waals surface area contributed by atoms with E-state index >= 15 is 0 Å². The zero-order valence-corrected chi connectivity index (χ0v) is 5.56. The lowest BCUT2D eigenvalue weighted by Crippen LogP contribution is -1.86. The van der Waals surface area contributed by atoms with Crippen molar-refractivity contribution in [3.8, 4) is 12.3 Å². The Labute approximate surface area is 58.0 Å². The van der Waals surface area contributed by atoms with Crippen molar-refractivity contribution >= 4 is 11.3 Å². The summed E-state index contributed by atoms with van der Waals surface area (Å²) in [6.07, 6.45) is 4.25. The third-order valence-corrected chi connectivity index (χ3v) is 1.90. The van der Waals surface area contributed by atoms with E-state index in [0.717, 1.165) is 4.88 Å². The third-order valence-electron chi connectivity index (χ3n) is 0.971. The maximum Gasteiger partial charge on any atom is 0.149 e. The molecular weight excluding hydrogens is 132 g/mol. The molecule has 1 N–H and O–H groups in total. The summed E-state index contributed by atoms with van der Waals surface area (Å²) in [7, 11) is 0. The first-order valence-corrected chi connectivity index (χ1v) is 3.40. The predicted molar refractivity (Wildman–Crippen MR) is 38.1 cm³/mol. The van der Waals surface area contributed by atoms with Crippen LogP contribution in [0.2, 0.25) is 0 Å². The first kappa shape index (κ1) is 6.34. The molecule has 1 atom stereocenters. The standard InChI is InChI=1S/C7H6OS/c1-2-6(8)7-4-3-5-9-7/h1,3-6,8H/t6-/m1/s1. The molecule has 0 aliphatic heterocycles. The maximum atomic E-state index is 8.99. The molecule has 9 heavy (non-hydrogen) atoms. The van der Waals surface area contributed by atoms with E-state index in [1.165, 1.54) is 11.3 Å². The Balaban J connectivity index is 2.80. The van der Waals surface area contributed by atoms with Gasteiger partial charge in [0.2, 0.25) is 0 Å². The zero-order chi connectivity index (χ0) is 6.69. The predicted octanol–water partition coefficient (Wildman–Crippen LogP) is 1.41. The number of hydrogen-bond acceptors (Lipinski definition) is 2. The molecule has 1 nitrogen and oxygen atoms in total. The summed E-state index contributed by atoms with van der Waals surface area (Å²) in [5.41, 5.74) is 0. The molecule has 0 unspecified atom stereocenters. The molecular formula is C7H6OS. The van der Waals surface area contributed by atoms with Crippen LogP contribution >= 0.6 is 11.3 Å². The fourth-order valence-electron chi connectivity index (χ4n) is 0.529. The van der Waals surface area contributed by atoms with Crippen molar-refractivity contribution in [2.24, 2.45) is 0 Å². The molecule has 0 aliphatic carbocycles. The molecule has 2 heteroatoms. The van der Waals surface area contributed by atoms with Gasteiger partial charge in [-0.25, -0.2) is 0 Å². The molecule has 46 valence electrons. The normalized spacial score (nSPS) is 12.4. The average molecular weight is 138 g/mol. The summed E-state index contributed by atoms with van der Waals surface area (Å²) in [5, 5.41) is 10.9. The Bertz CT molecular complexity index is 207. The van der Waals surface area contributed by atoms with Crippen molar-refractivity contribution in [2.75, 3.05) is 0 Å². The Morgan fingerprint density at radius 2 is 2.56 bits per heavy atom. The van der Waals surface area contributed by atoms with Gasteiger partial charge in [-0.3, -0.25) is 0 Å². The molecule has 1 aromatic rings. The second-order valence-electron chi connectivity index (χ2n) is 1.58. The summed E-state index contributed by atoms with van der Waals surface area (Å²) in [4.78, 5) is 0.831. The number of terminal acetylenes is 1. The zero-order valence-electron chi connectivity index (χ0n) is 4.74. The second-order valence-corrected chi connectivity index (χ2v) is 2.56. The van der Waals surface area contributed by atoms with Crippen LogP contribution in [0.25, 0.3) is 0 Å². The van der Waals surface area contributed by atoms with E-state index in [4.69, 9.17) is 11.5 Å². The molecule has 0 fully saturated rings. The minimum atomic E-state index is -0.718. The Hall–Kier alpha value is -0.780. The van der Waals surface area contributed by atoms with Crippen LogP contribution in [0, 0.1) is 12.3 Å². The van der Waals surface area contributed by atoms with Crippen molar-refractivity contribution in [1.29, 1.82) is 0 Å². The fraction of sp³-hybridized carbons (Fsp3) is 0.143. The highest BCUT2D eigenvalue weighted by atomic mass is 32.1. The van der Waals surface area contributed by atoms with E-state index in [0.29, 0.717) is 0 Å². The Morgan fingerprint density at radius 1 is 1.78 bits per heavy atom. The lowest BCUT2D eigenvalue weighted by atomic mass is 10.3. The van der Waals surface area contributed by atoms with Crippen LogP contribution in [0.3, 0.4) is 0 Å². The van der Waals surface area contributed by atoms with E-state index in [1.807, 2.05) is 17.5 Å². The number of aliphatic hydroxyl groups excluding tert-OH is 1. The summed E-state index contributed by atoms with van der Waals surface area (Å²) in [6.45, 7) is 0. The molecule has 0 aliphatic rings. The fourth-order valence-corrected chi connectivity index (χ4v) is 1.20. The van der Waals surface area contributed by atoms with Gasteiger partial charge in [0.1, 0.15) is 6.10 Å². The summed E-state index contributed by atoms with van der Waals surface area (Å²) >= 11 is 1.46. The summed E-state index contributed by atoms with van der Waals surface area (Å²) in [6, 6.07) is 3.68. The van der Waals surface area contributed by atoms with Gasteiger partial charge in [0, 0.05) is 4.88 Å². The van der Waals surface area contributed by atoms with Crippen molar-refractivity contribution in [2.45, 2.75) is 6.10 Å². The van der Waals surface area contributed by atoms with Crippen LogP contribution in [-0.4, -0.2) is 5.11 Å². The third kappa shape index (κ3) is 1.32. The van der Waals surface area contributed by atoms with Crippen molar-refractivity contribution < 1.29 is 5.11 Å². The molecule has 0 saturated heterocycles. The van der Waals surface area contributed by atoms with Crippen LogP contribution in [0.4, 0.5) is 0 Å². The van der Waals surface area contributed by atoms with Gasteiger partial charge in [0.05, 0.1) is 0 Å². The first-order chi connectivity index (χ1) is 4.34. The maximum absolute atomic E-state index is 8.99. The highest BCUT2D eigenvalue weighted by Crippen LogP contribution is 2.16. The van der Waals surface area contributed by atoms with Gasteiger partial charge >= 0.3 is 0 Å². The largest absolute Gasteiger partial charge is 0.375 e. The monoisotopic (exact) mass is 138 g/mol. The molecule has 0 aromatic carbocycles. The van der Waals surface area contributed by atoms with Crippen molar-refractivity contribution in [3.63, 3.8) is 0 Å². The molecule has 1 rings (SSSR count). The number of aliphatic hydroxyl groups is 1. The van der Waals surface area contributed by atoms with E-state index in [2.05, 4.69) is 5.92 Å². The minimum absolute atomic E-state index is 0.718. The van der Waals surface area contributed by atoms with E-state index in [1.54, 1.807) is 0 Å². The van der Waals surface area contributed by atoms with Crippen LogP contribution in [0.5, 0.6) is 0 Å². The van der Waals surface area contributed by atoms with Crippen molar-refractivity contribution in [1.82, 2.24) is 0 Å². The van der Waals surface area contributed by atoms with Crippen molar-refractivity contribution in [3.05, 3.63) is 22.4 Å².